The van der Waals surface area contributed by atoms with Crippen molar-refractivity contribution in [2.75, 3.05) is 13.1 Å². The second-order valence-corrected chi connectivity index (χ2v) is 8.77. The quantitative estimate of drug-likeness (QED) is 0.666. The van der Waals surface area contributed by atoms with Crippen molar-refractivity contribution in [3.63, 3.8) is 0 Å². The van der Waals surface area contributed by atoms with Crippen LogP contribution < -0.4 is 5.32 Å². The van der Waals surface area contributed by atoms with Gasteiger partial charge < -0.3 is 10.2 Å². The molecule has 2 unspecified atom stereocenters. The van der Waals surface area contributed by atoms with E-state index in [0.717, 1.165) is 48.4 Å². The molecule has 4 heteroatoms. The molecule has 1 N–H and O–H groups in total. The number of likely N-dealkylation sites (tertiary alicyclic amines) is 1. The lowest BCUT2D eigenvalue weighted by Crippen LogP contribution is -2.46. The normalized spacial score (nSPS) is 20.8. The van der Waals surface area contributed by atoms with Crippen LogP contribution in [0.5, 0.6) is 0 Å². The molecule has 4 nitrogen and oxygen atoms in total. The summed E-state index contributed by atoms with van der Waals surface area (Å²) in [6.45, 7) is 1.19. The van der Waals surface area contributed by atoms with E-state index in [1.807, 2.05) is 47.4 Å². The zero-order valence-corrected chi connectivity index (χ0v) is 17.7. The Bertz CT molecular complexity index is 1120. The van der Waals surface area contributed by atoms with Crippen molar-refractivity contribution < 1.29 is 9.59 Å². The smallest absolute Gasteiger partial charge is 0.254 e. The zero-order chi connectivity index (χ0) is 21.2. The molecule has 0 bridgehead atoms. The van der Waals surface area contributed by atoms with Crippen molar-refractivity contribution >= 4 is 22.6 Å². The number of carbonyl (C=O) groups excluding carboxylic acids is 2. The molecular weight excluding hydrogens is 384 g/mol. The fourth-order valence-corrected chi connectivity index (χ4v) is 5.15. The highest BCUT2D eigenvalue weighted by Crippen LogP contribution is 2.30. The molecule has 2 aliphatic rings. The summed E-state index contributed by atoms with van der Waals surface area (Å²) in [5, 5.41) is 5.33. The highest BCUT2D eigenvalue weighted by molar-refractivity contribution is 6.07. The Morgan fingerprint density at radius 1 is 0.871 bits per heavy atom. The van der Waals surface area contributed by atoms with E-state index in [9.17, 15) is 9.59 Å². The van der Waals surface area contributed by atoms with Crippen molar-refractivity contribution in [3.05, 3.63) is 83.4 Å². The van der Waals surface area contributed by atoms with Gasteiger partial charge in [-0.25, -0.2) is 0 Å². The van der Waals surface area contributed by atoms with Crippen LogP contribution in [0.4, 0.5) is 0 Å². The molecule has 1 heterocycles. The number of fused-ring (bicyclic) bond motifs is 2. The van der Waals surface area contributed by atoms with Gasteiger partial charge in [0.05, 0.1) is 12.0 Å². The lowest BCUT2D eigenvalue weighted by Gasteiger charge is -2.34. The van der Waals surface area contributed by atoms with E-state index in [4.69, 9.17) is 0 Å². The first-order valence-corrected chi connectivity index (χ1v) is 11.4. The summed E-state index contributed by atoms with van der Waals surface area (Å²) in [6, 6.07) is 22.3. The molecule has 2 atom stereocenters. The van der Waals surface area contributed by atoms with Gasteiger partial charge in [-0.3, -0.25) is 9.59 Å². The molecule has 0 saturated carbocycles. The largest absolute Gasteiger partial charge is 0.349 e. The van der Waals surface area contributed by atoms with Crippen LogP contribution in [0.1, 0.15) is 53.2 Å². The van der Waals surface area contributed by atoms with Crippen LogP contribution in [0, 0.1) is 5.92 Å². The molecule has 158 valence electrons. The molecule has 31 heavy (non-hydrogen) atoms. The van der Waals surface area contributed by atoms with Gasteiger partial charge in [-0.15, -0.1) is 0 Å². The molecule has 3 aromatic rings. The van der Waals surface area contributed by atoms with E-state index in [0.29, 0.717) is 13.1 Å². The third kappa shape index (κ3) is 3.95. The second kappa shape index (κ2) is 8.54. The van der Waals surface area contributed by atoms with E-state index in [1.54, 1.807) is 0 Å². The number of nitrogens with zero attached hydrogens (tertiary/aromatic N) is 1. The summed E-state index contributed by atoms with van der Waals surface area (Å²) in [7, 11) is 0. The predicted octanol–water partition coefficient (Wildman–Crippen LogP) is 4.89. The topological polar surface area (TPSA) is 49.4 Å². The summed E-state index contributed by atoms with van der Waals surface area (Å²) < 4.78 is 0. The van der Waals surface area contributed by atoms with Crippen LogP contribution in [0.2, 0.25) is 0 Å². The second-order valence-electron chi connectivity index (χ2n) is 8.77. The number of benzene rings is 3. The first kappa shape index (κ1) is 19.8. The highest BCUT2D eigenvalue weighted by Gasteiger charge is 2.31. The number of aryl methyl sites for hydroxylation is 1. The monoisotopic (exact) mass is 412 g/mol. The Hall–Kier alpha value is -3.14. The number of nitrogens with one attached hydrogen (secondary N) is 1. The van der Waals surface area contributed by atoms with Gasteiger partial charge in [-0.05, 0) is 60.1 Å². The van der Waals surface area contributed by atoms with Gasteiger partial charge in [0, 0.05) is 18.7 Å². The number of hydrogen-bond acceptors (Lipinski definition) is 2. The third-order valence-electron chi connectivity index (χ3n) is 6.79. The first-order chi connectivity index (χ1) is 15.2. The van der Waals surface area contributed by atoms with Gasteiger partial charge in [0.2, 0.25) is 5.91 Å². The average Bonchev–Trinajstić information content (AvgIpc) is 2.83. The first-order valence-electron chi connectivity index (χ1n) is 11.4. The molecule has 0 spiro atoms. The summed E-state index contributed by atoms with van der Waals surface area (Å²) in [4.78, 5) is 28.3. The molecule has 0 radical (unpaired) electrons. The van der Waals surface area contributed by atoms with E-state index in [-0.39, 0.29) is 23.8 Å². The van der Waals surface area contributed by atoms with Gasteiger partial charge in [-0.1, -0.05) is 60.7 Å². The van der Waals surface area contributed by atoms with Crippen LogP contribution in [-0.4, -0.2) is 29.8 Å². The number of piperidine rings is 1. The summed E-state index contributed by atoms with van der Waals surface area (Å²) in [6.07, 6.45) is 4.85. The molecule has 0 aromatic heterocycles. The Morgan fingerprint density at radius 3 is 2.61 bits per heavy atom. The molecule has 1 saturated heterocycles. The molecule has 1 aliphatic heterocycles. The minimum atomic E-state index is -0.151. The minimum absolute atomic E-state index is 0.0253. The van der Waals surface area contributed by atoms with Crippen LogP contribution in [0.3, 0.4) is 0 Å². The maximum Gasteiger partial charge on any atom is 0.254 e. The van der Waals surface area contributed by atoms with Crippen molar-refractivity contribution in [2.45, 2.75) is 38.1 Å². The van der Waals surface area contributed by atoms with Crippen molar-refractivity contribution in [3.8, 4) is 0 Å². The Kier molecular flexibility index (Phi) is 5.46. The Morgan fingerprint density at radius 2 is 1.68 bits per heavy atom. The number of amides is 2. The zero-order valence-electron chi connectivity index (χ0n) is 17.7. The summed E-state index contributed by atoms with van der Waals surface area (Å²) >= 11 is 0. The Labute approximate surface area is 183 Å². The lowest BCUT2D eigenvalue weighted by atomic mass is 9.87. The third-order valence-corrected chi connectivity index (χ3v) is 6.79. The fourth-order valence-electron chi connectivity index (χ4n) is 5.15. The van der Waals surface area contributed by atoms with Crippen LogP contribution in [0.15, 0.2) is 66.7 Å². The highest BCUT2D eigenvalue weighted by atomic mass is 16.2. The Balaban J connectivity index is 1.30. The molecule has 1 aliphatic carbocycles. The summed E-state index contributed by atoms with van der Waals surface area (Å²) in [5.74, 6) is -0.0452. The van der Waals surface area contributed by atoms with E-state index in [1.165, 1.54) is 11.1 Å². The number of hydrogen-bond donors (Lipinski definition) is 1. The van der Waals surface area contributed by atoms with E-state index >= 15 is 0 Å². The van der Waals surface area contributed by atoms with Crippen molar-refractivity contribution in [2.24, 2.45) is 5.92 Å². The molecule has 3 aromatic carbocycles. The van der Waals surface area contributed by atoms with E-state index < -0.39 is 0 Å². The maximum atomic E-state index is 13.3. The lowest BCUT2D eigenvalue weighted by molar-refractivity contribution is -0.127. The maximum absolute atomic E-state index is 13.3. The minimum Gasteiger partial charge on any atom is -0.349 e. The van der Waals surface area contributed by atoms with Gasteiger partial charge in [-0.2, -0.15) is 0 Å². The fraction of sp³-hybridized carbons (Fsp3) is 0.333. The van der Waals surface area contributed by atoms with Gasteiger partial charge in [0.25, 0.3) is 5.91 Å². The van der Waals surface area contributed by atoms with Gasteiger partial charge >= 0.3 is 0 Å². The van der Waals surface area contributed by atoms with Crippen molar-refractivity contribution in [1.82, 2.24) is 10.2 Å². The van der Waals surface area contributed by atoms with Gasteiger partial charge in [0.15, 0.2) is 0 Å². The van der Waals surface area contributed by atoms with Crippen LogP contribution >= 0.6 is 0 Å². The van der Waals surface area contributed by atoms with Crippen molar-refractivity contribution in [1.29, 1.82) is 0 Å². The van der Waals surface area contributed by atoms with Crippen LogP contribution in [-0.2, 0) is 11.2 Å². The van der Waals surface area contributed by atoms with E-state index in [2.05, 4.69) is 29.6 Å². The molecular formula is C27H28N2O2. The number of carbonyl (C=O) groups is 2. The molecule has 5 rings (SSSR count). The SMILES string of the molecule is O=C(NC1CCCc2ccccc21)C1CCCN(C(=O)c2cccc3ccccc23)C1. The summed E-state index contributed by atoms with van der Waals surface area (Å²) in [5.41, 5.74) is 3.32. The predicted molar refractivity (Wildman–Crippen MR) is 123 cm³/mol. The average molecular weight is 413 g/mol. The van der Waals surface area contributed by atoms with Gasteiger partial charge in [0.1, 0.15) is 0 Å². The number of rotatable bonds is 3. The molecule has 2 amide bonds. The standard InChI is InChI=1S/C27H28N2O2/c30-26(28-25-16-6-11-20-9-2-4-14-23(20)25)21-12-7-17-29(18-21)27(31)24-15-5-10-19-8-1-3-13-22(19)24/h1-5,8-10,13-15,21,25H,6-7,11-12,16-18H2,(H,28,30). The molecule has 1 fully saturated rings. The van der Waals surface area contributed by atoms with Crippen LogP contribution in [0.25, 0.3) is 10.8 Å².